The molecule has 6 nitrogen and oxygen atoms in total. The van der Waals surface area contributed by atoms with Gasteiger partial charge in [-0.1, -0.05) is 48.0 Å². The van der Waals surface area contributed by atoms with Crippen LogP contribution in [0, 0.1) is 6.92 Å². The molecule has 4 N–H and O–H groups in total. The second kappa shape index (κ2) is 9.67. The Morgan fingerprint density at radius 2 is 1.44 bits per heavy atom. The average Bonchev–Trinajstić information content (AvgIpc) is 2.84. The average molecular weight is 458 g/mol. The van der Waals surface area contributed by atoms with E-state index in [1.54, 1.807) is 50.6 Å². The molecule has 6 heteroatoms. The molecule has 0 saturated heterocycles. The van der Waals surface area contributed by atoms with Crippen LogP contribution >= 0.6 is 0 Å². The molecular weight excluding hydrogens is 430 g/mol. The Hall–Kier alpha value is -4.32. The SMILES string of the molecule is COc1cc(-c2ccc(O)cc2)c(OC)c(N)c1-c1ccc(OCc2ccc(C)cc2)c(O)c1. The van der Waals surface area contributed by atoms with Crippen LogP contribution in [0.4, 0.5) is 5.69 Å². The number of methoxy groups -OCH3 is 2. The molecule has 34 heavy (non-hydrogen) atoms. The zero-order valence-corrected chi connectivity index (χ0v) is 19.3. The van der Waals surface area contributed by atoms with Crippen LogP contribution in [-0.2, 0) is 6.61 Å². The largest absolute Gasteiger partial charge is 0.508 e. The predicted octanol–water partition coefficient (Wildman–Crippen LogP) is 5.92. The van der Waals surface area contributed by atoms with Gasteiger partial charge in [-0.05, 0) is 53.9 Å². The highest BCUT2D eigenvalue weighted by Gasteiger charge is 2.21. The highest BCUT2D eigenvalue weighted by atomic mass is 16.5. The summed E-state index contributed by atoms with van der Waals surface area (Å²) in [7, 11) is 3.11. The number of anilines is 1. The smallest absolute Gasteiger partial charge is 0.161 e. The number of nitrogens with two attached hydrogens (primary N) is 1. The molecule has 0 aliphatic carbocycles. The first-order valence-corrected chi connectivity index (χ1v) is 10.8. The summed E-state index contributed by atoms with van der Waals surface area (Å²) in [4.78, 5) is 0. The minimum atomic E-state index is -0.00681. The zero-order chi connectivity index (χ0) is 24.2. The zero-order valence-electron chi connectivity index (χ0n) is 19.3. The van der Waals surface area contributed by atoms with Gasteiger partial charge >= 0.3 is 0 Å². The van der Waals surface area contributed by atoms with Gasteiger partial charge in [0.05, 0.1) is 25.5 Å². The van der Waals surface area contributed by atoms with Crippen molar-refractivity contribution in [1.29, 1.82) is 0 Å². The second-order valence-electron chi connectivity index (χ2n) is 7.95. The Morgan fingerprint density at radius 3 is 2.06 bits per heavy atom. The van der Waals surface area contributed by atoms with Gasteiger partial charge in [-0.15, -0.1) is 0 Å². The molecule has 174 valence electrons. The van der Waals surface area contributed by atoms with Crippen LogP contribution in [-0.4, -0.2) is 24.4 Å². The molecule has 0 saturated carbocycles. The Kier molecular flexibility index (Phi) is 6.50. The molecule has 4 aromatic carbocycles. The minimum absolute atomic E-state index is 0.00681. The van der Waals surface area contributed by atoms with Gasteiger partial charge in [0.2, 0.25) is 0 Å². The fourth-order valence-corrected chi connectivity index (χ4v) is 3.83. The van der Waals surface area contributed by atoms with Crippen LogP contribution in [0.25, 0.3) is 22.3 Å². The first-order chi connectivity index (χ1) is 16.4. The first kappa shape index (κ1) is 22.9. The van der Waals surface area contributed by atoms with Crippen molar-refractivity contribution < 1.29 is 24.4 Å². The fraction of sp³-hybridized carbons (Fsp3) is 0.143. The van der Waals surface area contributed by atoms with Gasteiger partial charge in [0, 0.05) is 5.56 Å². The van der Waals surface area contributed by atoms with Crippen molar-refractivity contribution in [3.05, 3.63) is 83.9 Å². The maximum atomic E-state index is 10.7. The first-order valence-electron chi connectivity index (χ1n) is 10.8. The number of hydrogen-bond donors (Lipinski definition) is 3. The Bertz CT molecular complexity index is 1300. The number of phenolic OH excluding ortho intramolecular Hbond substituents is 2. The van der Waals surface area contributed by atoms with Gasteiger partial charge < -0.3 is 30.2 Å². The Morgan fingerprint density at radius 1 is 0.765 bits per heavy atom. The summed E-state index contributed by atoms with van der Waals surface area (Å²) in [6, 6.07) is 21.7. The Balaban J connectivity index is 1.69. The van der Waals surface area contributed by atoms with Crippen molar-refractivity contribution in [2.24, 2.45) is 0 Å². The third-order valence-corrected chi connectivity index (χ3v) is 5.65. The van der Waals surface area contributed by atoms with Crippen molar-refractivity contribution in [3.8, 4) is 51.0 Å². The molecule has 4 rings (SSSR count). The quantitative estimate of drug-likeness (QED) is 0.298. The van der Waals surface area contributed by atoms with E-state index in [0.717, 1.165) is 16.7 Å². The lowest BCUT2D eigenvalue weighted by Crippen LogP contribution is -2.01. The number of aromatic hydroxyl groups is 2. The summed E-state index contributed by atoms with van der Waals surface area (Å²) in [6.45, 7) is 2.37. The van der Waals surface area contributed by atoms with E-state index in [9.17, 15) is 10.2 Å². The van der Waals surface area contributed by atoms with Crippen LogP contribution in [0.1, 0.15) is 11.1 Å². The summed E-state index contributed by atoms with van der Waals surface area (Å²) in [5, 5.41) is 20.3. The highest BCUT2D eigenvalue weighted by molar-refractivity contribution is 5.93. The van der Waals surface area contributed by atoms with Crippen molar-refractivity contribution in [2.75, 3.05) is 20.0 Å². The molecule has 0 aliphatic heterocycles. The van der Waals surface area contributed by atoms with Crippen LogP contribution in [0.2, 0.25) is 0 Å². The van der Waals surface area contributed by atoms with Crippen molar-refractivity contribution in [1.82, 2.24) is 0 Å². The number of benzene rings is 4. The van der Waals surface area contributed by atoms with Gasteiger partial charge in [-0.2, -0.15) is 0 Å². The van der Waals surface area contributed by atoms with Crippen LogP contribution in [0.5, 0.6) is 28.7 Å². The minimum Gasteiger partial charge on any atom is -0.508 e. The maximum absolute atomic E-state index is 10.7. The lowest BCUT2D eigenvalue weighted by atomic mass is 9.95. The third kappa shape index (κ3) is 4.57. The molecule has 0 amide bonds. The molecule has 0 bridgehead atoms. The molecule has 0 atom stereocenters. The summed E-state index contributed by atoms with van der Waals surface area (Å²) >= 11 is 0. The van der Waals surface area contributed by atoms with Gasteiger partial charge in [0.15, 0.2) is 11.5 Å². The number of ether oxygens (including phenoxy) is 3. The molecule has 0 aromatic heterocycles. The van der Waals surface area contributed by atoms with E-state index in [1.807, 2.05) is 43.3 Å². The number of rotatable bonds is 7. The molecule has 0 spiro atoms. The van der Waals surface area contributed by atoms with E-state index in [2.05, 4.69) is 0 Å². The normalized spacial score (nSPS) is 10.7. The molecular formula is C28H27NO5. The highest BCUT2D eigenvalue weighted by Crippen LogP contribution is 2.48. The Labute approximate surface area is 198 Å². The maximum Gasteiger partial charge on any atom is 0.161 e. The van der Waals surface area contributed by atoms with Gasteiger partial charge in [-0.3, -0.25) is 0 Å². The number of phenols is 2. The summed E-state index contributed by atoms with van der Waals surface area (Å²) in [5.74, 6) is 1.52. The van der Waals surface area contributed by atoms with Gasteiger partial charge in [-0.25, -0.2) is 0 Å². The molecule has 0 heterocycles. The van der Waals surface area contributed by atoms with E-state index in [-0.39, 0.29) is 11.5 Å². The molecule has 0 radical (unpaired) electrons. The van der Waals surface area contributed by atoms with Crippen molar-refractivity contribution >= 4 is 5.69 Å². The summed E-state index contributed by atoms with van der Waals surface area (Å²) < 4.78 is 17.1. The van der Waals surface area contributed by atoms with Gasteiger partial charge in [0.25, 0.3) is 0 Å². The van der Waals surface area contributed by atoms with Crippen LogP contribution < -0.4 is 19.9 Å². The monoisotopic (exact) mass is 457 g/mol. The van der Waals surface area contributed by atoms with E-state index < -0.39 is 0 Å². The number of nitrogen functional groups attached to an aromatic ring is 1. The van der Waals surface area contributed by atoms with E-state index in [0.29, 0.717) is 40.7 Å². The van der Waals surface area contributed by atoms with Crippen molar-refractivity contribution in [2.45, 2.75) is 13.5 Å². The number of aryl methyl sites for hydroxylation is 1. The molecule has 0 fully saturated rings. The van der Waals surface area contributed by atoms with E-state index >= 15 is 0 Å². The lowest BCUT2D eigenvalue weighted by molar-refractivity contribution is 0.289. The second-order valence-corrected chi connectivity index (χ2v) is 7.95. The summed E-state index contributed by atoms with van der Waals surface area (Å²) in [5.41, 5.74) is 11.9. The fourth-order valence-electron chi connectivity index (χ4n) is 3.83. The lowest BCUT2D eigenvalue weighted by Gasteiger charge is -2.19. The van der Waals surface area contributed by atoms with E-state index in [4.69, 9.17) is 19.9 Å². The topological polar surface area (TPSA) is 94.2 Å². The van der Waals surface area contributed by atoms with Crippen molar-refractivity contribution in [3.63, 3.8) is 0 Å². The summed E-state index contributed by atoms with van der Waals surface area (Å²) in [6.07, 6.45) is 0. The van der Waals surface area contributed by atoms with Crippen LogP contribution in [0.15, 0.2) is 72.8 Å². The van der Waals surface area contributed by atoms with E-state index in [1.165, 1.54) is 5.56 Å². The van der Waals surface area contributed by atoms with Gasteiger partial charge in [0.1, 0.15) is 23.9 Å². The molecule has 4 aromatic rings. The third-order valence-electron chi connectivity index (χ3n) is 5.65. The number of hydrogen-bond acceptors (Lipinski definition) is 6. The predicted molar refractivity (Wildman–Crippen MR) is 134 cm³/mol. The molecule has 0 unspecified atom stereocenters. The standard InChI is InChI=1S/C28H27NO5/c1-17-4-6-18(7-5-17)16-34-24-13-10-20(14-23(24)31)26-25(32-2)15-22(28(33-3)27(26)29)19-8-11-21(30)12-9-19/h4-15,30-31H,16,29H2,1-3H3. The molecule has 0 aliphatic rings. The van der Waals surface area contributed by atoms with Crippen LogP contribution in [0.3, 0.4) is 0 Å².